The number of hydrogen-bond donors (Lipinski definition) is 1. The number of alkyl halides is 3. The summed E-state index contributed by atoms with van der Waals surface area (Å²) < 4.78 is 47.4. The molecule has 1 N–H and O–H groups in total. The van der Waals surface area contributed by atoms with Gasteiger partial charge < -0.3 is 9.47 Å². The Hall–Kier alpha value is -4.01. The Morgan fingerprint density at radius 3 is 2.19 bits per heavy atom. The molecule has 0 fully saturated rings. The molecule has 0 aliphatic carbocycles. The molecule has 0 radical (unpaired) electrons. The zero-order valence-corrected chi connectivity index (χ0v) is 15.8. The third-order valence-corrected chi connectivity index (χ3v) is 4.46. The van der Waals surface area contributed by atoms with Crippen LogP contribution in [0.25, 0.3) is 16.5 Å². The molecule has 9 heteroatoms. The van der Waals surface area contributed by atoms with Crippen molar-refractivity contribution in [3.63, 3.8) is 0 Å². The number of aromatic amines is 1. The number of H-pyrrole nitrogens is 1. The van der Waals surface area contributed by atoms with E-state index in [1.54, 1.807) is 6.07 Å². The van der Waals surface area contributed by atoms with Crippen molar-refractivity contribution in [3.8, 4) is 17.2 Å². The second kappa shape index (κ2) is 8.02. The molecule has 1 heterocycles. The molecular weight excluding hydrogens is 413 g/mol. The van der Waals surface area contributed by atoms with Gasteiger partial charge in [-0.1, -0.05) is 30.3 Å². The van der Waals surface area contributed by atoms with Crippen LogP contribution >= 0.6 is 0 Å². The monoisotopic (exact) mass is 428 g/mol. The summed E-state index contributed by atoms with van der Waals surface area (Å²) in [5.41, 5.74) is 0.0527. The average molecular weight is 428 g/mol. The maximum atomic E-state index is 12.8. The van der Waals surface area contributed by atoms with E-state index in [-0.39, 0.29) is 16.5 Å². The highest BCUT2D eigenvalue weighted by atomic mass is 19.4. The van der Waals surface area contributed by atoms with Crippen LogP contribution in [-0.4, -0.2) is 16.1 Å². The molecule has 158 valence electrons. The molecule has 0 saturated carbocycles. The van der Waals surface area contributed by atoms with Gasteiger partial charge in [0, 0.05) is 0 Å². The predicted octanol–water partition coefficient (Wildman–Crippen LogP) is 4.16. The zero-order valence-electron chi connectivity index (χ0n) is 15.8. The van der Waals surface area contributed by atoms with E-state index in [1.165, 1.54) is 24.3 Å². The highest BCUT2D eigenvalue weighted by Gasteiger charge is 2.31. The second-order valence-electron chi connectivity index (χ2n) is 6.60. The van der Waals surface area contributed by atoms with E-state index in [0.29, 0.717) is 12.4 Å². The van der Waals surface area contributed by atoms with Crippen LogP contribution < -0.4 is 20.6 Å². The van der Waals surface area contributed by atoms with Gasteiger partial charge in [0.25, 0.3) is 11.1 Å². The second-order valence-corrected chi connectivity index (χ2v) is 6.60. The van der Waals surface area contributed by atoms with Crippen LogP contribution in [0.3, 0.4) is 0 Å². The molecule has 0 atom stereocenters. The lowest BCUT2D eigenvalue weighted by atomic mass is 10.2. The number of aromatic nitrogens is 2. The fourth-order valence-electron chi connectivity index (χ4n) is 3.04. The first-order valence-electron chi connectivity index (χ1n) is 9.12. The van der Waals surface area contributed by atoms with Crippen LogP contribution in [0.5, 0.6) is 11.5 Å². The normalized spacial score (nSPS) is 11.5. The highest BCUT2D eigenvalue weighted by molar-refractivity contribution is 5.82. The standard InChI is InChI=1S/C22H15F3N2O4/c23-22(24,25)31-16-8-6-15(7-9-16)27-21(29)18-11-10-17(12-19(18)20(28)26-27)30-13-14-4-2-1-3-5-14/h1-12H,13H2,(H,26,28). The number of rotatable bonds is 5. The quantitative estimate of drug-likeness (QED) is 0.518. The first-order valence-corrected chi connectivity index (χ1v) is 9.12. The number of nitrogens with one attached hydrogen (secondary N) is 1. The maximum absolute atomic E-state index is 12.8. The average Bonchev–Trinajstić information content (AvgIpc) is 2.75. The largest absolute Gasteiger partial charge is 0.573 e. The Labute approximate surface area is 173 Å². The number of ether oxygens (including phenoxy) is 2. The van der Waals surface area contributed by atoms with Crippen molar-refractivity contribution in [2.24, 2.45) is 0 Å². The van der Waals surface area contributed by atoms with Gasteiger partial charge in [-0.05, 0) is 48.0 Å². The summed E-state index contributed by atoms with van der Waals surface area (Å²) in [5, 5.41) is 2.72. The Bertz CT molecular complexity index is 1330. The summed E-state index contributed by atoms with van der Waals surface area (Å²) in [6.07, 6.45) is -4.82. The van der Waals surface area contributed by atoms with Crippen molar-refractivity contribution < 1.29 is 22.6 Å². The molecule has 0 saturated heterocycles. The molecule has 0 amide bonds. The van der Waals surface area contributed by atoms with Gasteiger partial charge in [0.1, 0.15) is 18.1 Å². The Morgan fingerprint density at radius 1 is 0.839 bits per heavy atom. The first-order chi connectivity index (χ1) is 14.8. The summed E-state index contributed by atoms with van der Waals surface area (Å²) in [5.74, 6) is -0.0136. The van der Waals surface area contributed by atoms with Gasteiger partial charge in [-0.25, -0.2) is 4.68 Å². The van der Waals surface area contributed by atoms with Crippen LogP contribution in [0.2, 0.25) is 0 Å². The predicted molar refractivity (Wildman–Crippen MR) is 108 cm³/mol. The van der Waals surface area contributed by atoms with Gasteiger partial charge in [0.05, 0.1) is 16.5 Å². The van der Waals surface area contributed by atoms with Crippen molar-refractivity contribution >= 4 is 10.8 Å². The Kier molecular flexibility index (Phi) is 5.24. The molecule has 0 bridgehead atoms. The first kappa shape index (κ1) is 20.3. The van der Waals surface area contributed by atoms with Crippen LogP contribution in [0.1, 0.15) is 5.56 Å². The van der Waals surface area contributed by atoms with Gasteiger partial charge in [-0.2, -0.15) is 0 Å². The van der Waals surface area contributed by atoms with Crippen molar-refractivity contribution in [3.05, 3.63) is 99.1 Å². The van der Waals surface area contributed by atoms with Gasteiger partial charge in [-0.15, -0.1) is 13.2 Å². The SMILES string of the molecule is O=c1[nH]n(-c2ccc(OC(F)(F)F)cc2)c(=O)c2ccc(OCc3ccccc3)cc12. The zero-order chi connectivity index (χ0) is 22.0. The van der Waals surface area contributed by atoms with E-state index >= 15 is 0 Å². The molecule has 31 heavy (non-hydrogen) atoms. The van der Waals surface area contributed by atoms with Crippen molar-refractivity contribution in [1.82, 2.24) is 9.78 Å². The van der Waals surface area contributed by atoms with Crippen LogP contribution in [0, 0.1) is 0 Å². The lowest BCUT2D eigenvalue weighted by molar-refractivity contribution is -0.274. The molecule has 4 rings (SSSR count). The molecular formula is C22H15F3N2O4. The maximum Gasteiger partial charge on any atom is 0.573 e. The fourth-order valence-corrected chi connectivity index (χ4v) is 3.04. The van der Waals surface area contributed by atoms with Gasteiger partial charge in [0.15, 0.2) is 0 Å². The summed E-state index contributed by atoms with van der Waals surface area (Å²) in [4.78, 5) is 25.4. The third kappa shape index (κ3) is 4.61. The van der Waals surface area contributed by atoms with E-state index < -0.39 is 23.2 Å². The fraction of sp³-hybridized carbons (Fsp3) is 0.0909. The van der Waals surface area contributed by atoms with Gasteiger partial charge >= 0.3 is 6.36 Å². The summed E-state index contributed by atoms with van der Waals surface area (Å²) >= 11 is 0. The highest BCUT2D eigenvalue weighted by Crippen LogP contribution is 2.23. The van der Waals surface area contributed by atoms with E-state index in [1.807, 2.05) is 30.3 Å². The van der Waals surface area contributed by atoms with Gasteiger partial charge in [0.2, 0.25) is 0 Å². The number of fused-ring (bicyclic) bond motifs is 1. The lowest BCUT2D eigenvalue weighted by Crippen LogP contribution is -2.28. The van der Waals surface area contributed by atoms with Crippen molar-refractivity contribution in [2.75, 3.05) is 0 Å². The number of benzene rings is 3. The molecule has 0 aliphatic heterocycles. The van der Waals surface area contributed by atoms with Crippen molar-refractivity contribution in [2.45, 2.75) is 13.0 Å². The number of halogens is 3. The Morgan fingerprint density at radius 2 is 1.52 bits per heavy atom. The summed E-state index contributed by atoms with van der Waals surface area (Å²) in [6, 6.07) is 18.6. The lowest BCUT2D eigenvalue weighted by Gasteiger charge is -2.11. The van der Waals surface area contributed by atoms with Crippen molar-refractivity contribution in [1.29, 1.82) is 0 Å². The molecule has 0 spiro atoms. The topological polar surface area (TPSA) is 73.3 Å². The minimum atomic E-state index is -4.82. The van der Waals surface area contributed by atoms with Crippen LogP contribution in [0.15, 0.2) is 82.4 Å². The summed E-state index contributed by atoms with van der Waals surface area (Å²) in [7, 11) is 0. The van der Waals surface area contributed by atoms with Crippen LogP contribution in [-0.2, 0) is 6.61 Å². The van der Waals surface area contributed by atoms with E-state index in [2.05, 4.69) is 9.84 Å². The van der Waals surface area contributed by atoms with Gasteiger partial charge in [-0.3, -0.25) is 14.7 Å². The summed E-state index contributed by atoms with van der Waals surface area (Å²) in [6.45, 7) is 0.299. The molecule has 6 nitrogen and oxygen atoms in total. The molecule has 0 unspecified atom stereocenters. The molecule has 3 aromatic carbocycles. The smallest absolute Gasteiger partial charge is 0.489 e. The minimum Gasteiger partial charge on any atom is -0.489 e. The van der Waals surface area contributed by atoms with E-state index in [4.69, 9.17) is 4.74 Å². The number of hydrogen-bond acceptors (Lipinski definition) is 4. The van der Waals surface area contributed by atoms with Crippen LogP contribution in [0.4, 0.5) is 13.2 Å². The Balaban J connectivity index is 1.64. The molecule has 0 aliphatic rings. The van der Waals surface area contributed by atoms with E-state index in [0.717, 1.165) is 22.4 Å². The number of nitrogens with zero attached hydrogens (tertiary/aromatic N) is 1. The minimum absolute atomic E-state index is 0.142. The molecule has 1 aromatic heterocycles. The van der Waals surface area contributed by atoms with E-state index in [9.17, 15) is 22.8 Å². The third-order valence-electron chi connectivity index (χ3n) is 4.46. The molecule has 4 aromatic rings.